The molecule has 0 spiro atoms. The lowest BCUT2D eigenvalue weighted by atomic mass is 10.3. The van der Waals surface area contributed by atoms with Crippen molar-refractivity contribution in [3.63, 3.8) is 0 Å². The van der Waals surface area contributed by atoms with Crippen molar-refractivity contribution in [3.8, 4) is 0 Å². The number of hydrogen-bond acceptors (Lipinski definition) is 3. The van der Waals surface area contributed by atoms with Gasteiger partial charge in [-0.15, -0.1) is 0 Å². The van der Waals surface area contributed by atoms with Gasteiger partial charge >= 0.3 is 6.03 Å². The number of nitrogens with one attached hydrogen (secondary N) is 1. The van der Waals surface area contributed by atoms with E-state index in [9.17, 15) is 14.3 Å². The average molecular weight is 256 g/mol. The molecule has 2 amide bonds. The van der Waals surface area contributed by atoms with Gasteiger partial charge in [-0.2, -0.15) is 0 Å². The summed E-state index contributed by atoms with van der Waals surface area (Å²) >= 11 is 0. The van der Waals surface area contributed by atoms with Crippen LogP contribution >= 0.6 is 0 Å². The van der Waals surface area contributed by atoms with Crippen molar-refractivity contribution in [3.05, 3.63) is 30.1 Å². The van der Waals surface area contributed by atoms with Crippen LogP contribution in [0.15, 0.2) is 24.3 Å². The van der Waals surface area contributed by atoms with Crippen LogP contribution in [0.2, 0.25) is 0 Å². The van der Waals surface area contributed by atoms with E-state index in [1.807, 2.05) is 0 Å². The van der Waals surface area contributed by atoms with E-state index >= 15 is 0 Å². The molecule has 1 rings (SSSR count). The van der Waals surface area contributed by atoms with Crippen molar-refractivity contribution in [1.82, 2.24) is 4.90 Å². The van der Waals surface area contributed by atoms with E-state index in [4.69, 9.17) is 4.74 Å². The summed E-state index contributed by atoms with van der Waals surface area (Å²) in [5.74, 6) is -0.503. The fraction of sp³-hybridized carbons (Fsp3) is 0.417. The fourth-order valence-corrected chi connectivity index (χ4v) is 1.42. The van der Waals surface area contributed by atoms with Crippen molar-refractivity contribution >= 4 is 11.7 Å². The number of hydrogen-bond donors (Lipinski definition) is 2. The second kappa shape index (κ2) is 6.93. The molecule has 0 bridgehead atoms. The highest BCUT2D eigenvalue weighted by Gasteiger charge is 2.14. The highest BCUT2D eigenvalue weighted by Crippen LogP contribution is 2.12. The molecular formula is C12H17FN2O3. The number of amides is 2. The van der Waals surface area contributed by atoms with Crippen LogP contribution in [0.1, 0.15) is 0 Å². The van der Waals surface area contributed by atoms with Gasteiger partial charge in [-0.1, -0.05) is 12.1 Å². The molecule has 5 nitrogen and oxygen atoms in total. The Bertz CT molecular complexity index is 401. The standard InChI is InChI=1S/C12H17FN2O3/c1-15(7-9(16)8-18-2)12(17)14-11-6-4-3-5-10(11)13/h3-6,9,16H,7-8H2,1-2H3,(H,14,17)/t9-/m1/s1. The number of anilines is 1. The molecule has 0 heterocycles. The number of carbonyl (C=O) groups excluding carboxylic acids is 1. The molecule has 0 saturated carbocycles. The van der Waals surface area contributed by atoms with Gasteiger partial charge in [-0.3, -0.25) is 0 Å². The lowest BCUT2D eigenvalue weighted by Gasteiger charge is -2.21. The number of methoxy groups -OCH3 is 1. The third kappa shape index (κ3) is 4.31. The summed E-state index contributed by atoms with van der Waals surface area (Å²) < 4.78 is 18.0. The van der Waals surface area contributed by atoms with Crippen molar-refractivity contribution < 1.29 is 19.0 Å². The minimum absolute atomic E-state index is 0.105. The zero-order valence-corrected chi connectivity index (χ0v) is 10.4. The number of aliphatic hydroxyl groups excluding tert-OH is 1. The number of halogens is 1. The molecule has 2 N–H and O–H groups in total. The minimum Gasteiger partial charge on any atom is -0.389 e. The predicted molar refractivity (Wildman–Crippen MR) is 65.9 cm³/mol. The van der Waals surface area contributed by atoms with Crippen molar-refractivity contribution in [2.24, 2.45) is 0 Å². The summed E-state index contributed by atoms with van der Waals surface area (Å²) in [5.41, 5.74) is 0.107. The topological polar surface area (TPSA) is 61.8 Å². The van der Waals surface area contributed by atoms with Crippen LogP contribution in [0.5, 0.6) is 0 Å². The van der Waals surface area contributed by atoms with Crippen LogP contribution in [0.4, 0.5) is 14.9 Å². The van der Waals surface area contributed by atoms with Crippen LogP contribution in [0.3, 0.4) is 0 Å². The zero-order chi connectivity index (χ0) is 13.5. The highest BCUT2D eigenvalue weighted by molar-refractivity contribution is 5.89. The summed E-state index contributed by atoms with van der Waals surface area (Å²) in [4.78, 5) is 13.0. The Morgan fingerprint density at radius 1 is 1.56 bits per heavy atom. The maximum atomic E-state index is 13.3. The van der Waals surface area contributed by atoms with Gasteiger partial charge in [0.15, 0.2) is 0 Å². The molecule has 6 heteroatoms. The second-order valence-electron chi connectivity index (χ2n) is 3.90. The number of carbonyl (C=O) groups is 1. The summed E-state index contributed by atoms with van der Waals surface area (Å²) in [6.07, 6.45) is -0.772. The van der Waals surface area contributed by atoms with Crippen LogP contribution in [-0.2, 0) is 4.74 Å². The normalized spacial score (nSPS) is 12.0. The third-order valence-corrected chi connectivity index (χ3v) is 2.31. The van der Waals surface area contributed by atoms with E-state index in [-0.39, 0.29) is 18.8 Å². The highest BCUT2D eigenvalue weighted by atomic mass is 19.1. The number of benzene rings is 1. The molecule has 1 aromatic rings. The molecule has 0 aliphatic rings. The summed E-state index contributed by atoms with van der Waals surface area (Å²) in [6.45, 7) is 0.242. The monoisotopic (exact) mass is 256 g/mol. The van der Waals surface area contributed by atoms with Crippen LogP contribution in [0.25, 0.3) is 0 Å². The molecule has 0 unspecified atom stereocenters. The molecule has 0 fully saturated rings. The molecule has 1 aromatic carbocycles. The van der Waals surface area contributed by atoms with Crippen LogP contribution < -0.4 is 5.32 Å². The Morgan fingerprint density at radius 3 is 2.83 bits per heavy atom. The van der Waals surface area contributed by atoms with E-state index < -0.39 is 18.0 Å². The summed E-state index contributed by atoms with van der Waals surface area (Å²) in [6, 6.07) is 5.40. The molecule has 18 heavy (non-hydrogen) atoms. The third-order valence-electron chi connectivity index (χ3n) is 2.31. The van der Waals surface area contributed by atoms with Crippen molar-refractivity contribution in [1.29, 1.82) is 0 Å². The maximum absolute atomic E-state index is 13.3. The number of ether oxygens (including phenoxy) is 1. The molecule has 0 radical (unpaired) electrons. The Labute approximate surface area is 105 Å². The zero-order valence-electron chi connectivity index (χ0n) is 10.4. The van der Waals surface area contributed by atoms with E-state index in [0.29, 0.717) is 0 Å². The predicted octanol–water partition coefficient (Wildman–Crippen LogP) is 1.30. The van der Waals surface area contributed by atoms with Gasteiger partial charge in [0, 0.05) is 14.2 Å². The molecule has 100 valence electrons. The van der Waals surface area contributed by atoms with Gasteiger partial charge < -0.3 is 20.1 Å². The van der Waals surface area contributed by atoms with E-state index in [0.717, 1.165) is 0 Å². The number of rotatable bonds is 5. The second-order valence-corrected chi connectivity index (χ2v) is 3.90. The lowest BCUT2D eigenvalue weighted by Crippen LogP contribution is -2.38. The molecule has 0 aromatic heterocycles. The Hall–Kier alpha value is -1.66. The average Bonchev–Trinajstić information content (AvgIpc) is 2.32. The van der Waals surface area contributed by atoms with Gasteiger partial charge in [-0.25, -0.2) is 9.18 Å². The van der Waals surface area contributed by atoms with Gasteiger partial charge in [0.25, 0.3) is 0 Å². The van der Waals surface area contributed by atoms with E-state index in [1.165, 1.54) is 37.3 Å². The molecule has 1 atom stereocenters. The number of likely N-dealkylation sites (N-methyl/N-ethyl adjacent to an activating group) is 1. The SMILES string of the molecule is COC[C@H](O)CN(C)C(=O)Nc1ccccc1F. The van der Waals surface area contributed by atoms with Gasteiger partial charge in [-0.05, 0) is 12.1 Å². The first-order chi connectivity index (χ1) is 8.54. The van der Waals surface area contributed by atoms with E-state index in [2.05, 4.69) is 5.32 Å². The van der Waals surface area contributed by atoms with Crippen LogP contribution in [-0.4, -0.2) is 49.5 Å². The summed E-state index contributed by atoms with van der Waals surface area (Å²) in [7, 11) is 2.97. The van der Waals surface area contributed by atoms with E-state index in [1.54, 1.807) is 6.07 Å². The first kappa shape index (κ1) is 14.4. The maximum Gasteiger partial charge on any atom is 0.321 e. The van der Waals surface area contributed by atoms with Crippen molar-refractivity contribution in [2.45, 2.75) is 6.10 Å². The van der Waals surface area contributed by atoms with Crippen LogP contribution in [0, 0.1) is 5.82 Å². The van der Waals surface area contributed by atoms with Gasteiger partial charge in [0.2, 0.25) is 0 Å². The summed E-state index contributed by atoms with van der Waals surface area (Å²) in [5, 5.41) is 11.9. The van der Waals surface area contributed by atoms with Crippen molar-refractivity contribution in [2.75, 3.05) is 32.6 Å². The molecule has 0 aliphatic heterocycles. The number of para-hydroxylation sites is 1. The first-order valence-electron chi connectivity index (χ1n) is 5.48. The molecular weight excluding hydrogens is 239 g/mol. The Kier molecular flexibility index (Phi) is 5.54. The minimum atomic E-state index is -0.772. The quantitative estimate of drug-likeness (QED) is 0.834. The van der Waals surface area contributed by atoms with Gasteiger partial charge in [0.1, 0.15) is 5.82 Å². The first-order valence-corrected chi connectivity index (χ1v) is 5.48. The number of urea groups is 1. The largest absolute Gasteiger partial charge is 0.389 e. The fourth-order valence-electron chi connectivity index (χ4n) is 1.42. The Balaban J connectivity index is 2.52. The lowest BCUT2D eigenvalue weighted by molar-refractivity contribution is 0.0501. The molecule has 0 aliphatic carbocycles. The number of aliphatic hydroxyl groups is 1. The smallest absolute Gasteiger partial charge is 0.321 e. The van der Waals surface area contributed by atoms with Gasteiger partial charge in [0.05, 0.1) is 24.9 Å². The Morgan fingerprint density at radius 2 is 2.22 bits per heavy atom. The molecule has 0 saturated heterocycles. The number of nitrogens with zero attached hydrogens (tertiary/aromatic N) is 1.